The lowest BCUT2D eigenvalue weighted by molar-refractivity contribution is 0.406. The van der Waals surface area contributed by atoms with Crippen LogP contribution in [0.25, 0.3) is 0 Å². The van der Waals surface area contributed by atoms with Crippen LogP contribution >= 0.6 is 0 Å². The van der Waals surface area contributed by atoms with Crippen LogP contribution < -0.4 is 5.32 Å². The molecule has 2 aromatic rings. The SMILES string of the molecule is CCc1ccc(C(Cc2cc(C)ccc2C)NC)o1. The van der Waals surface area contributed by atoms with Crippen LogP contribution in [0.5, 0.6) is 0 Å². The zero-order valence-corrected chi connectivity index (χ0v) is 12.3. The van der Waals surface area contributed by atoms with E-state index in [0.29, 0.717) is 0 Å². The Bertz CT molecular complexity index is 542. The molecule has 1 aromatic carbocycles. The Labute approximate surface area is 115 Å². The third kappa shape index (κ3) is 3.27. The molecular formula is C17H23NO. The molecule has 1 N–H and O–H groups in total. The quantitative estimate of drug-likeness (QED) is 0.877. The van der Waals surface area contributed by atoms with Crippen molar-refractivity contribution < 1.29 is 4.42 Å². The minimum absolute atomic E-state index is 0.237. The van der Waals surface area contributed by atoms with Gasteiger partial charge in [0.05, 0.1) is 6.04 Å². The molecule has 2 nitrogen and oxygen atoms in total. The Morgan fingerprint density at radius 3 is 2.58 bits per heavy atom. The molecule has 0 bridgehead atoms. The minimum atomic E-state index is 0.237. The van der Waals surface area contributed by atoms with E-state index in [4.69, 9.17) is 4.42 Å². The summed E-state index contributed by atoms with van der Waals surface area (Å²) >= 11 is 0. The first-order chi connectivity index (χ1) is 9.13. The normalized spacial score (nSPS) is 12.6. The topological polar surface area (TPSA) is 25.2 Å². The number of nitrogens with one attached hydrogen (secondary N) is 1. The Balaban J connectivity index is 2.21. The number of furan rings is 1. The average Bonchev–Trinajstić information content (AvgIpc) is 2.88. The van der Waals surface area contributed by atoms with Gasteiger partial charge in [-0.25, -0.2) is 0 Å². The van der Waals surface area contributed by atoms with Crippen LogP contribution in [0.15, 0.2) is 34.7 Å². The molecule has 0 aliphatic heterocycles. The molecule has 0 fully saturated rings. The van der Waals surface area contributed by atoms with Crippen LogP contribution in [0.1, 0.15) is 41.2 Å². The van der Waals surface area contributed by atoms with Gasteiger partial charge in [-0.15, -0.1) is 0 Å². The zero-order valence-electron chi connectivity index (χ0n) is 12.3. The van der Waals surface area contributed by atoms with Crippen molar-refractivity contribution in [3.63, 3.8) is 0 Å². The van der Waals surface area contributed by atoms with E-state index in [1.54, 1.807) is 0 Å². The van der Waals surface area contributed by atoms with Crippen LogP contribution in [-0.4, -0.2) is 7.05 Å². The fraction of sp³-hybridized carbons (Fsp3) is 0.412. The molecule has 1 heterocycles. The fourth-order valence-electron chi connectivity index (χ4n) is 2.36. The standard InChI is InChI=1S/C17H23NO/c1-5-15-8-9-17(19-15)16(18-4)11-14-10-12(2)6-7-13(14)3/h6-10,16,18H,5,11H2,1-4H3. The number of likely N-dealkylation sites (N-methyl/N-ethyl adjacent to an activating group) is 1. The van der Waals surface area contributed by atoms with E-state index >= 15 is 0 Å². The highest BCUT2D eigenvalue weighted by Crippen LogP contribution is 2.23. The van der Waals surface area contributed by atoms with E-state index in [0.717, 1.165) is 24.4 Å². The van der Waals surface area contributed by atoms with Crippen LogP contribution in [-0.2, 0) is 12.8 Å². The number of aryl methyl sites for hydroxylation is 3. The molecule has 2 rings (SSSR count). The summed E-state index contributed by atoms with van der Waals surface area (Å²) in [5.41, 5.74) is 4.03. The van der Waals surface area contributed by atoms with Crippen molar-refractivity contribution in [3.05, 3.63) is 58.5 Å². The van der Waals surface area contributed by atoms with Crippen molar-refractivity contribution in [1.29, 1.82) is 0 Å². The zero-order chi connectivity index (χ0) is 13.8. The average molecular weight is 257 g/mol. The monoisotopic (exact) mass is 257 g/mol. The molecule has 2 heteroatoms. The van der Waals surface area contributed by atoms with Crippen molar-refractivity contribution in [2.24, 2.45) is 0 Å². The number of benzene rings is 1. The largest absolute Gasteiger partial charge is 0.464 e. The summed E-state index contributed by atoms with van der Waals surface area (Å²) < 4.78 is 5.87. The molecule has 0 aliphatic rings. The summed E-state index contributed by atoms with van der Waals surface area (Å²) in [5, 5.41) is 3.36. The predicted octanol–water partition coefficient (Wildman–Crippen LogP) is 3.96. The molecule has 0 radical (unpaired) electrons. The molecule has 19 heavy (non-hydrogen) atoms. The predicted molar refractivity (Wildman–Crippen MR) is 79.5 cm³/mol. The summed E-state index contributed by atoms with van der Waals surface area (Å²) in [6, 6.07) is 11.0. The maximum absolute atomic E-state index is 5.87. The fourth-order valence-corrected chi connectivity index (χ4v) is 2.36. The Kier molecular flexibility index (Phi) is 4.43. The molecule has 102 valence electrons. The summed E-state index contributed by atoms with van der Waals surface area (Å²) in [5.74, 6) is 2.08. The molecular weight excluding hydrogens is 234 g/mol. The van der Waals surface area contributed by atoms with Crippen molar-refractivity contribution in [2.45, 2.75) is 39.7 Å². The maximum atomic E-state index is 5.87. The van der Waals surface area contributed by atoms with Gasteiger partial charge in [-0.3, -0.25) is 0 Å². The lowest BCUT2D eigenvalue weighted by Gasteiger charge is -2.16. The second kappa shape index (κ2) is 6.07. The molecule has 0 amide bonds. The molecule has 0 saturated heterocycles. The Morgan fingerprint density at radius 2 is 1.95 bits per heavy atom. The van der Waals surface area contributed by atoms with E-state index in [1.807, 2.05) is 7.05 Å². The smallest absolute Gasteiger partial charge is 0.121 e. The first-order valence-electron chi connectivity index (χ1n) is 6.96. The first kappa shape index (κ1) is 13.9. The molecule has 1 aromatic heterocycles. The van der Waals surface area contributed by atoms with Gasteiger partial charge in [0.15, 0.2) is 0 Å². The summed E-state index contributed by atoms with van der Waals surface area (Å²) in [7, 11) is 1.99. The van der Waals surface area contributed by atoms with Gasteiger partial charge in [0.1, 0.15) is 11.5 Å². The highest BCUT2D eigenvalue weighted by molar-refractivity contribution is 5.32. The van der Waals surface area contributed by atoms with Gasteiger partial charge in [0.2, 0.25) is 0 Å². The summed E-state index contributed by atoms with van der Waals surface area (Å²) in [4.78, 5) is 0. The van der Waals surface area contributed by atoms with E-state index in [1.165, 1.54) is 16.7 Å². The molecule has 1 unspecified atom stereocenters. The van der Waals surface area contributed by atoms with Gasteiger partial charge in [0.25, 0.3) is 0 Å². The van der Waals surface area contributed by atoms with Crippen molar-refractivity contribution >= 4 is 0 Å². The van der Waals surface area contributed by atoms with E-state index in [-0.39, 0.29) is 6.04 Å². The van der Waals surface area contributed by atoms with Gasteiger partial charge < -0.3 is 9.73 Å². The summed E-state index contributed by atoms with van der Waals surface area (Å²) in [6.07, 6.45) is 1.90. The molecule has 0 aliphatic carbocycles. The van der Waals surface area contributed by atoms with Crippen molar-refractivity contribution in [3.8, 4) is 0 Å². The summed E-state index contributed by atoms with van der Waals surface area (Å²) in [6.45, 7) is 6.42. The Morgan fingerprint density at radius 1 is 1.16 bits per heavy atom. The highest BCUT2D eigenvalue weighted by atomic mass is 16.3. The van der Waals surface area contributed by atoms with Crippen molar-refractivity contribution in [2.75, 3.05) is 7.05 Å². The van der Waals surface area contributed by atoms with E-state index in [9.17, 15) is 0 Å². The third-order valence-corrected chi connectivity index (χ3v) is 3.65. The van der Waals surface area contributed by atoms with Crippen molar-refractivity contribution in [1.82, 2.24) is 5.32 Å². The Hall–Kier alpha value is -1.54. The first-order valence-corrected chi connectivity index (χ1v) is 6.96. The van der Waals surface area contributed by atoms with Crippen LogP contribution in [0.4, 0.5) is 0 Å². The van der Waals surface area contributed by atoms with Crippen LogP contribution in [0.2, 0.25) is 0 Å². The molecule has 0 saturated carbocycles. The second-order valence-electron chi connectivity index (χ2n) is 5.13. The van der Waals surface area contributed by atoms with Gasteiger partial charge in [0, 0.05) is 6.42 Å². The number of rotatable bonds is 5. The lowest BCUT2D eigenvalue weighted by Crippen LogP contribution is -2.18. The van der Waals surface area contributed by atoms with Gasteiger partial charge in [-0.2, -0.15) is 0 Å². The third-order valence-electron chi connectivity index (χ3n) is 3.65. The number of hydrogen-bond donors (Lipinski definition) is 1. The second-order valence-corrected chi connectivity index (χ2v) is 5.13. The van der Waals surface area contributed by atoms with Gasteiger partial charge >= 0.3 is 0 Å². The highest BCUT2D eigenvalue weighted by Gasteiger charge is 2.15. The molecule has 1 atom stereocenters. The van der Waals surface area contributed by atoms with E-state index in [2.05, 4.69) is 56.4 Å². The number of hydrogen-bond acceptors (Lipinski definition) is 2. The van der Waals surface area contributed by atoms with Gasteiger partial charge in [-0.05, 0) is 50.6 Å². The van der Waals surface area contributed by atoms with Crippen LogP contribution in [0, 0.1) is 13.8 Å². The van der Waals surface area contributed by atoms with Crippen LogP contribution in [0.3, 0.4) is 0 Å². The van der Waals surface area contributed by atoms with Gasteiger partial charge in [-0.1, -0.05) is 30.7 Å². The van der Waals surface area contributed by atoms with E-state index < -0.39 is 0 Å². The molecule has 0 spiro atoms. The maximum Gasteiger partial charge on any atom is 0.121 e. The minimum Gasteiger partial charge on any atom is -0.464 e. The lowest BCUT2D eigenvalue weighted by atomic mass is 9.98.